The van der Waals surface area contributed by atoms with Crippen molar-refractivity contribution < 1.29 is 23.9 Å². The van der Waals surface area contributed by atoms with Crippen molar-refractivity contribution in [2.45, 2.75) is 38.8 Å². The van der Waals surface area contributed by atoms with Crippen LogP contribution < -0.4 is 5.32 Å². The average molecular weight is 308 g/mol. The highest BCUT2D eigenvalue weighted by atomic mass is 16.4. The van der Waals surface area contributed by atoms with Gasteiger partial charge in [-0.25, -0.2) is 0 Å². The minimum absolute atomic E-state index is 0.00959. The minimum atomic E-state index is -0.887. The lowest BCUT2D eigenvalue weighted by atomic mass is 10.1. The number of aliphatic carboxylic acids is 1. The summed E-state index contributed by atoms with van der Waals surface area (Å²) >= 11 is 0. The van der Waals surface area contributed by atoms with E-state index < -0.39 is 11.9 Å². The van der Waals surface area contributed by atoms with E-state index in [1.165, 1.54) is 0 Å². The molecule has 1 fully saturated rings. The normalized spacial score (nSPS) is 19.2. The van der Waals surface area contributed by atoms with Gasteiger partial charge in [0.05, 0.1) is 18.7 Å². The number of hydrogen-bond donors (Lipinski definition) is 2. The van der Waals surface area contributed by atoms with Crippen LogP contribution in [0.2, 0.25) is 0 Å². The van der Waals surface area contributed by atoms with Gasteiger partial charge in [0.1, 0.15) is 5.76 Å². The number of hydrogen-bond acceptors (Lipinski definition) is 4. The third-order valence-corrected chi connectivity index (χ3v) is 3.69. The minimum Gasteiger partial charge on any atom is -0.481 e. The summed E-state index contributed by atoms with van der Waals surface area (Å²) in [5.41, 5.74) is 0. The molecular weight excluding hydrogens is 288 g/mol. The summed E-state index contributed by atoms with van der Waals surface area (Å²) in [6.07, 6.45) is 2.11. The van der Waals surface area contributed by atoms with Gasteiger partial charge in [0.2, 0.25) is 11.8 Å². The molecule has 1 aliphatic rings. The quantitative estimate of drug-likeness (QED) is 0.782. The molecule has 2 atom stereocenters. The van der Waals surface area contributed by atoms with Crippen LogP contribution >= 0.6 is 0 Å². The van der Waals surface area contributed by atoms with Gasteiger partial charge >= 0.3 is 5.97 Å². The van der Waals surface area contributed by atoms with E-state index in [4.69, 9.17) is 9.52 Å². The SMILES string of the molecule is CC(CCC(=O)O)NC(=O)C1CC(=O)N(Cc2ccco2)C1. The number of carboxylic acids is 1. The predicted molar refractivity (Wildman–Crippen MR) is 76.7 cm³/mol. The van der Waals surface area contributed by atoms with E-state index in [1.807, 2.05) is 0 Å². The van der Waals surface area contributed by atoms with Gasteiger partial charge in [-0.3, -0.25) is 14.4 Å². The van der Waals surface area contributed by atoms with Gasteiger partial charge in [-0.15, -0.1) is 0 Å². The third-order valence-electron chi connectivity index (χ3n) is 3.69. The molecule has 1 aromatic heterocycles. The molecule has 2 N–H and O–H groups in total. The zero-order valence-electron chi connectivity index (χ0n) is 12.4. The van der Waals surface area contributed by atoms with E-state index in [-0.39, 0.29) is 30.7 Å². The van der Waals surface area contributed by atoms with Gasteiger partial charge in [-0.1, -0.05) is 0 Å². The monoisotopic (exact) mass is 308 g/mol. The molecule has 22 heavy (non-hydrogen) atoms. The predicted octanol–water partition coefficient (Wildman–Crippen LogP) is 0.998. The zero-order valence-corrected chi connectivity index (χ0v) is 12.4. The number of carbonyl (C=O) groups is 3. The van der Waals surface area contributed by atoms with Crippen LogP contribution in [-0.4, -0.2) is 40.4 Å². The van der Waals surface area contributed by atoms with Crippen LogP contribution in [0.5, 0.6) is 0 Å². The smallest absolute Gasteiger partial charge is 0.303 e. The highest BCUT2D eigenvalue weighted by Crippen LogP contribution is 2.20. The Labute approximate surface area is 128 Å². The largest absolute Gasteiger partial charge is 0.481 e. The van der Waals surface area contributed by atoms with Crippen LogP contribution in [-0.2, 0) is 20.9 Å². The Hall–Kier alpha value is -2.31. The Morgan fingerprint density at radius 3 is 2.95 bits per heavy atom. The number of furan rings is 1. The van der Waals surface area contributed by atoms with E-state index in [0.717, 1.165) is 0 Å². The van der Waals surface area contributed by atoms with E-state index in [0.29, 0.717) is 25.3 Å². The Balaban J connectivity index is 1.81. The van der Waals surface area contributed by atoms with Gasteiger partial charge in [0.25, 0.3) is 0 Å². The number of amides is 2. The van der Waals surface area contributed by atoms with Gasteiger partial charge in [-0.2, -0.15) is 0 Å². The first-order valence-corrected chi connectivity index (χ1v) is 7.28. The first-order valence-electron chi connectivity index (χ1n) is 7.28. The summed E-state index contributed by atoms with van der Waals surface area (Å²) in [4.78, 5) is 36.2. The summed E-state index contributed by atoms with van der Waals surface area (Å²) in [6.45, 7) is 2.49. The summed E-state index contributed by atoms with van der Waals surface area (Å²) < 4.78 is 5.21. The summed E-state index contributed by atoms with van der Waals surface area (Å²) in [7, 11) is 0. The molecule has 0 radical (unpaired) electrons. The van der Waals surface area contributed by atoms with Crippen LogP contribution in [0, 0.1) is 5.92 Å². The van der Waals surface area contributed by atoms with E-state index in [1.54, 1.807) is 30.2 Å². The van der Waals surface area contributed by atoms with E-state index >= 15 is 0 Å². The lowest BCUT2D eigenvalue weighted by molar-refractivity contribution is -0.137. The van der Waals surface area contributed by atoms with Crippen molar-refractivity contribution in [1.29, 1.82) is 0 Å². The number of carbonyl (C=O) groups excluding carboxylic acids is 2. The maximum Gasteiger partial charge on any atom is 0.303 e. The highest BCUT2D eigenvalue weighted by Gasteiger charge is 2.34. The summed E-state index contributed by atoms with van der Waals surface area (Å²) in [5, 5.41) is 11.4. The third kappa shape index (κ3) is 4.34. The molecule has 1 saturated heterocycles. The van der Waals surface area contributed by atoms with Gasteiger partial charge in [0, 0.05) is 25.4 Å². The molecule has 0 aromatic carbocycles. The first kappa shape index (κ1) is 16.1. The second-order valence-corrected chi connectivity index (χ2v) is 5.60. The van der Waals surface area contributed by atoms with Crippen molar-refractivity contribution in [3.05, 3.63) is 24.2 Å². The highest BCUT2D eigenvalue weighted by molar-refractivity contribution is 5.89. The van der Waals surface area contributed by atoms with Gasteiger partial charge in [-0.05, 0) is 25.5 Å². The fraction of sp³-hybridized carbons (Fsp3) is 0.533. The van der Waals surface area contributed by atoms with E-state index in [2.05, 4.69) is 5.32 Å². The van der Waals surface area contributed by atoms with Gasteiger partial charge < -0.3 is 19.7 Å². The standard InChI is InChI=1S/C15H20N2O5/c1-10(4-5-14(19)20)16-15(21)11-7-13(18)17(8-11)9-12-3-2-6-22-12/h2-3,6,10-11H,4-5,7-9H2,1H3,(H,16,21)(H,19,20). The van der Waals surface area contributed by atoms with Gasteiger partial charge in [0.15, 0.2) is 0 Å². The van der Waals surface area contributed by atoms with Crippen LogP contribution in [0.3, 0.4) is 0 Å². The Morgan fingerprint density at radius 1 is 1.55 bits per heavy atom. The topological polar surface area (TPSA) is 99.8 Å². The molecule has 1 aliphatic heterocycles. The molecule has 0 bridgehead atoms. The molecular formula is C15H20N2O5. The molecule has 2 heterocycles. The first-order chi connectivity index (χ1) is 10.5. The molecule has 0 saturated carbocycles. The molecule has 120 valence electrons. The molecule has 0 spiro atoms. The van der Waals surface area contributed by atoms with Crippen molar-refractivity contribution in [2.75, 3.05) is 6.54 Å². The fourth-order valence-electron chi connectivity index (χ4n) is 2.46. The van der Waals surface area contributed by atoms with Crippen molar-refractivity contribution in [1.82, 2.24) is 10.2 Å². The van der Waals surface area contributed by atoms with Crippen molar-refractivity contribution >= 4 is 17.8 Å². The Bertz CT molecular complexity index is 540. The second-order valence-electron chi connectivity index (χ2n) is 5.60. The molecule has 0 aliphatic carbocycles. The Morgan fingerprint density at radius 2 is 2.32 bits per heavy atom. The zero-order chi connectivity index (χ0) is 16.1. The molecule has 1 aromatic rings. The maximum absolute atomic E-state index is 12.1. The summed E-state index contributed by atoms with van der Waals surface area (Å²) in [5.74, 6) is -0.872. The molecule has 2 unspecified atom stereocenters. The number of rotatable bonds is 7. The fourth-order valence-corrected chi connectivity index (χ4v) is 2.46. The van der Waals surface area contributed by atoms with Crippen LogP contribution in [0.25, 0.3) is 0 Å². The summed E-state index contributed by atoms with van der Waals surface area (Å²) in [6, 6.07) is 3.32. The maximum atomic E-state index is 12.1. The van der Waals surface area contributed by atoms with Crippen LogP contribution in [0.4, 0.5) is 0 Å². The van der Waals surface area contributed by atoms with Crippen molar-refractivity contribution in [3.63, 3.8) is 0 Å². The molecule has 2 amide bonds. The van der Waals surface area contributed by atoms with E-state index in [9.17, 15) is 14.4 Å². The Kier molecular flexibility index (Phi) is 5.19. The van der Waals surface area contributed by atoms with Crippen molar-refractivity contribution in [2.24, 2.45) is 5.92 Å². The number of carboxylic acid groups (broad SMARTS) is 1. The lowest BCUT2D eigenvalue weighted by Crippen LogP contribution is -2.38. The number of nitrogens with one attached hydrogen (secondary N) is 1. The second kappa shape index (κ2) is 7.11. The number of likely N-dealkylation sites (tertiary alicyclic amines) is 1. The molecule has 2 rings (SSSR count). The number of nitrogens with zero attached hydrogens (tertiary/aromatic N) is 1. The molecule has 7 heteroatoms. The molecule has 7 nitrogen and oxygen atoms in total. The van der Waals surface area contributed by atoms with Crippen LogP contribution in [0.15, 0.2) is 22.8 Å². The van der Waals surface area contributed by atoms with Crippen molar-refractivity contribution in [3.8, 4) is 0 Å². The lowest BCUT2D eigenvalue weighted by Gasteiger charge is -2.17. The van der Waals surface area contributed by atoms with Crippen LogP contribution in [0.1, 0.15) is 31.9 Å². The average Bonchev–Trinajstić information content (AvgIpc) is 3.08.